The molecule has 29 heavy (non-hydrogen) atoms. The number of thioether (sulfide) groups is 1. The SMILES string of the molecule is CCN(CC(=O)N[C@@H]1CCS(=O)(=O)C1)C(=O)CSc1nc2ccccc2n1CC. The number of benzene rings is 1. The van der Waals surface area contributed by atoms with Crippen molar-refractivity contribution >= 4 is 44.4 Å². The number of rotatable bonds is 8. The lowest BCUT2D eigenvalue weighted by Gasteiger charge is -2.21. The molecule has 2 heterocycles. The van der Waals surface area contributed by atoms with E-state index in [9.17, 15) is 18.0 Å². The Kier molecular flexibility index (Phi) is 6.84. The van der Waals surface area contributed by atoms with Gasteiger partial charge in [-0.15, -0.1) is 0 Å². The van der Waals surface area contributed by atoms with Gasteiger partial charge in [-0.3, -0.25) is 9.59 Å². The topological polar surface area (TPSA) is 101 Å². The molecule has 1 aliphatic rings. The van der Waals surface area contributed by atoms with Crippen molar-refractivity contribution < 1.29 is 18.0 Å². The Labute approximate surface area is 175 Å². The summed E-state index contributed by atoms with van der Waals surface area (Å²) in [5, 5.41) is 3.51. The Morgan fingerprint density at radius 1 is 1.31 bits per heavy atom. The molecule has 1 aromatic heterocycles. The van der Waals surface area contributed by atoms with Gasteiger partial charge in [-0.25, -0.2) is 13.4 Å². The smallest absolute Gasteiger partial charge is 0.239 e. The average molecular weight is 439 g/mol. The molecule has 8 nitrogen and oxygen atoms in total. The molecule has 1 saturated heterocycles. The predicted octanol–water partition coefficient (Wildman–Crippen LogP) is 1.30. The first-order valence-electron chi connectivity index (χ1n) is 9.68. The van der Waals surface area contributed by atoms with Gasteiger partial charge in [0.15, 0.2) is 15.0 Å². The zero-order chi connectivity index (χ0) is 21.0. The monoisotopic (exact) mass is 438 g/mol. The van der Waals surface area contributed by atoms with Crippen LogP contribution in [0.4, 0.5) is 0 Å². The summed E-state index contributed by atoms with van der Waals surface area (Å²) in [5.41, 5.74) is 1.92. The van der Waals surface area contributed by atoms with Crippen LogP contribution in [-0.4, -0.2) is 71.1 Å². The van der Waals surface area contributed by atoms with E-state index in [1.807, 2.05) is 38.1 Å². The van der Waals surface area contributed by atoms with Gasteiger partial charge in [0.2, 0.25) is 11.8 Å². The second-order valence-electron chi connectivity index (χ2n) is 6.99. The Hall–Kier alpha value is -2.07. The largest absolute Gasteiger partial charge is 0.351 e. The summed E-state index contributed by atoms with van der Waals surface area (Å²) >= 11 is 1.36. The van der Waals surface area contributed by atoms with Crippen LogP contribution < -0.4 is 5.32 Å². The highest BCUT2D eigenvalue weighted by molar-refractivity contribution is 7.99. The van der Waals surface area contributed by atoms with Gasteiger partial charge in [0.05, 0.1) is 34.8 Å². The van der Waals surface area contributed by atoms with E-state index in [0.717, 1.165) is 22.7 Å². The number of carbonyl (C=O) groups excluding carboxylic acids is 2. The summed E-state index contributed by atoms with van der Waals surface area (Å²) in [7, 11) is -3.06. The number of hydrogen-bond donors (Lipinski definition) is 1. The minimum Gasteiger partial charge on any atom is -0.351 e. The third-order valence-electron chi connectivity index (χ3n) is 4.93. The van der Waals surface area contributed by atoms with E-state index in [-0.39, 0.29) is 41.7 Å². The van der Waals surface area contributed by atoms with Gasteiger partial charge in [0.1, 0.15) is 0 Å². The van der Waals surface area contributed by atoms with E-state index in [4.69, 9.17) is 0 Å². The molecule has 1 atom stereocenters. The van der Waals surface area contributed by atoms with Crippen molar-refractivity contribution in [2.45, 2.75) is 38.0 Å². The first-order valence-corrected chi connectivity index (χ1v) is 12.5. The number of nitrogens with one attached hydrogen (secondary N) is 1. The van der Waals surface area contributed by atoms with Crippen molar-refractivity contribution in [2.24, 2.45) is 0 Å². The molecule has 1 N–H and O–H groups in total. The molecule has 0 bridgehead atoms. The molecule has 2 aromatic rings. The van der Waals surface area contributed by atoms with Gasteiger partial charge >= 0.3 is 0 Å². The maximum absolute atomic E-state index is 12.6. The van der Waals surface area contributed by atoms with Crippen LogP contribution >= 0.6 is 11.8 Å². The van der Waals surface area contributed by atoms with Gasteiger partial charge in [0, 0.05) is 19.1 Å². The number of amides is 2. The Morgan fingerprint density at radius 2 is 2.07 bits per heavy atom. The number of para-hydroxylation sites is 2. The van der Waals surface area contributed by atoms with Crippen molar-refractivity contribution in [1.29, 1.82) is 0 Å². The molecular weight excluding hydrogens is 412 g/mol. The minimum atomic E-state index is -3.06. The Bertz CT molecular complexity index is 1000. The molecule has 158 valence electrons. The molecule has 0 unspecified atom stereocenters. The molecular formula is C19H26N4O4S2. The maximum atomic E-state index is 12.6. The number of fused-ring (bicyclic) bond motifs is 1. The predicted molar refractivity (Wildman–Crippen MR) is 114 cm³/mol. The lowest BCUT2D eigenvalue weighted by atomic mass is 10.2. The highest BCUT2D eigenvalue weighted by Gasteiger charge is 2.29. The van der Waals surface area contributed by atoms with Crippen LogP contribution in [0, 0.1) is 0 Å². The normalized spacial score (nSPS) is 18.1. The fourth-order valence-corrected chi connectivity index (χ4v) is 6.07. The lowest BCUT2D eigenvalue weighted by Crippen LogP contribution is -2.45. The second-order valence-corrected chi connectivity index (χ2v) is 10.2. The zero-order valence-electron chi connectivity index (χ0n) is 16.6. The van der Waals surface area contributed by atoms with E-state index >= 15 is 0 Å². The number of carbonyl (C=O) groups is 2. The summed E-state index contributed by atoms with van der Waals surface area (Å²) in [6, 6.07) is 7.48. The fraction of sp³-hybridized carbons (Fsp3) is 0.526. The third kappa shape index (κ3) is 5.30. The molecule has 3 rings (SSSR count). The van der Waals surface area contributed by atoms with Crippen LogP contribution in [0.1, 0.15) is 20.3 Å². The van der Waals surface area contributed by atoms with Crippen molar-refractivity contribution in [3.8, 4) is 0 Å². The van der Waals surface area contributed by atoms with Crippen molar-refractivity contribution in [3.63, 3.8) is 0 Å². The second kappa shape index (κ2) is 9.17. The number of nitrogens with zero attached hydrogens (tertiary/aromatic N) is 3. The molecule has 1 aromatic carbocycles. The lowest BCUT2D eigenvalue weighted by molar-refractivity contribution is -0.134. The maximum Gasteiger partial charge on any atom is 0.239 e. The van der Waals surface area contributed by atoms with Gasteiger partial charge in [-0.1, -0.05) is 23.9 Å². The van der Waals surface area contributed by atoms with Crippen LogP contribution in [0.5, 0.6) is 0 Å². The first kappa shape index (κ1) is 21.6. The average Bonchev–Trinajstić information content (AvgIpc) is 3.22. The van der Waals surface area contributed by atoms with Gasteiger partial charge in [0.25, 0.3) is 0 Å². The van der Waals surface area contributed by atoms with Crippen LogP contribution in [0.15, 0.2) is 29.4 Å². The van der Waals surface area contributed by atoms with Gasteiger partial charge < -0.3 is 14.8 Å². The molecule has 2 amide bonds. The molecule has 1 fully saturated rings. The van der Waals surface area contributed by atoms with Gasteiger partial charge in [-0.05, 0) is 32.4 Å². The molecule has 0 radical (unpaired) electrons. The highest BCUT2D eigenvalue weighted by atomic mass is 32.2. The summed E-state index contributed by atoms with van der Waals surface area (Å²) in [6.45, 7) is 4.93. The van der Waals surface area contributed by atoms with Crippen molar-refractivity contribution in [2.75, 3.05) is 30.3 Å². The van der Waals surface area contributed by atoms with Crippen LogP contribution in [0.2, 0.25) is 0 Å². The molecule has 0 aliphatic carbocycles. The zero-order valence-corrected chi connectivity index (χ0v) is 18.3. The van der Waals surface area contributed by atoms with Crippen LogP contribution in [-0.2, 0) is 26.0 Å². The number of hydrogen-bond acceptors (Lipinski definition) is 6. The van der Waals surface area contributed by atoms with Crippen LogP contribution in [0.3, 0.4) is 0 Å². The number of imidazole rings is 1. The third-order valence-corrected chi connectivity index (χ3v) is 7.66. The van der Waals surface area contributed by atoms with Crippen molar-refractivity contribution in [1.82, 2.24) is 19.8 Å². The molecule has 1 aliphatic heterocycles. The number of likely N-dealkylation sites (N-methyl/N-ethyl adjacent to an activating group) is 1. The fourth-order valence-electron chi connectivity index (χ4n) is 3.42. The Balaban J connectivity index is 1.57. The van der Waals surface area contributed by atoms with E-state index in [1.54, 1.807) is 0 Å². The molecule has 10 heteroatoms. The highest BCUT2D eigenvalue weighted by Crippen LogP contribution is 2.24. The van der Waals surface area contributed by atoms with E-state index in [2.05, 4.69) is 14.9 Å². The first-order chi connectivity index (χ1) is 13.8. The summed E-state index contributed by atoms with van der Waals surface area (Å²) < 4.78 is 25.1. The van der Waals surface area contributed by atoms with E-state index < -0.39 is 9.84 Å². The molecule has 0 saturated carbocycles. The number of sulfone groups is 1. The molecule has 0 spiro atoms. The van der Waals surface area contributed by atoms with Crippen LogP contribution in [0.25, 0.3) is 11.0 Å². The minimum absolute atomic E-state index is 0.0259. The number of aryl methyl sites for hydroxylation is 1. The summed E-state index contributed by atoms with van der Waals surface area (Å²) in [5.74, 6) is -0.220. The van der Waals surface area contributed by atoms with E-state index in [1.165, 1.54) is 16.7 Å². The van der Waals surface area contributed by atoms with Crippen molar-refractivity contribution in [3.05, 3.63) is 24.3 Å². The summed E-state index contributed by atoms with van der Waals surface area (Å²) in [4.78, 5) is 31.0. The Morgan fingerprint density at radius 3 is 2.72 bits per heavy atom. The quantitative estimate of drug-likeness (QED) is 0.624. The van der Waals surface area contributed by atoms with E-state index in [0.29, 0.717) is 13.0 Å². The van der Waals surface area contributed by atoms with Gasteiger partial charge in [-0.2, -0.15) is 0 Å². The standard InChI is InChI=1S/C19H26N4O4S2/c1-3-22(11-17(24)20-14-9-10-29(26,27)13-14)18(25)12-28-19-21-15-7-5-6-8-16(15)23(19)4-2/h5-8,14H,3-4,9-13H2,1-2H3,(H,20,24)/t14-/m1/s1. The summed E-state index contributed by atoms with van der Waals surface area (Å²) in [6.07, 6.45) is 0.428. The number of aromatic nitrogens is 2.